The van der Waals surface area contributed by atoms with Crippen LogP contribution in [0.3, 0.4) is 0 Å². The molecule has 5 heteroatoms. The summed E-state index contributed by atoms with van der Waals surface area (Å²) in [5.41, 5.74) is 0.654. The molecular weight excluding hydrogens is 344 g/mol. The molecule has 1 aromatic carbocycles. The van der Waals surface area contributed by atoms with Crippen LogP contribution in [0.5, 0.6) is 0 Å². The van der Waals surface area contributed by atoms with Gasteiger partial charge in [-0.15, -0.1) is 0 Å². The molecule has 1 aromatic rings. The van der Waals surface area contributed by atoms with Crippen molar-refractivity contribution in [2.75, 3.05) is 6.54 Å². The van der Waals surface area contributed by atoms with E-state index in [-0.39, 0.29) is 17.9 Å². The summed E-state index contributed by atoms with van der Waals surface area (Å²) < 4.78 is 1.01. The number of amides is 2. The lowest BCUT2D eigenvalue weighted by atomic mass is 9.64. The van der Waals surface area contributed by atoms with Crippen molar-refractivity contribution in [2.45, 2.75) is 51.0 Å². The molecule has 0 heterocycles. The van der Waals surface area contributed by atoms with E-state index in [4.69, 9.17) is 0 Å². The first-order chi connectivity index (χ1) is 10.4. The Labute approximate surface area is 140 Å². The van der Waals surface area contributed by atoms with Crippen molar-refractivity contribution in [2.24, 2.45) is 0 Å². The van der Waals surface area contributed by atoms with Crippen LogP contribution in [0.2, 0.25) is 0 Å². The van der Waals surface area contributed by atoms with Gasteiger partial charge in [-0.3, -0.25) is 9.59 Å². The summed E-state index contributed by atoms with van der Waals surface area (Å²) in [6.45, 7) is 4.23. The van der Waals surface area contributed by atoms with E-state index in [2.05, 4.69) is 26.6 Å². The van der Waals surface area contributed by atoms with Gasteiger partial charge in [-0.2, -0.15) is 0 Å². The van der Waals surface area contributed by atoms with Crippen LogP contribution in [0.4, 0.5) is 0 Å². The highest BCUT2D eigenvalue weighted by molar-refractivity contribution is 9.10. The smallest absolute Gasteiger partial charge is 0.230 e. The Kier molecular flexibility index (Phi) is 5.62. The Balaban J connectivity index is 1.92. The van der Waals surface area contributed by atoms with Gasteiger partial charge in [-0.1, -0.05) is 34.5 Å². The maximum atomic E-state index is 12.6. The molecule has 4 nitrogen and oxygen atoms in total. The molecule has 0 bridgehead atoms. The van der Waals surface area contributed by atoms with Crippen molar-refractivity contribution in [1.29, 1.82) is 0 Å². The van der Waals surface area contributed by atoms with E-state index in [1.807, 2.05) is 38.1 Å². The third-order valence-corrected chi connectivity index (χ3v) is 4.65. The molecule has 0 unspecified atom stereocenters. The molecule has 0 atom stereocenters. The molecular formula is C17H23BrN2O2. The van der Waals surface area contributed by atoms with Crippen LogP contribution in [0, 0.1) is 0 Å². The van der Waals surface area contributed by atoms with Crippen LogP contribution in [0.1, 0.15) is 45.1 Å². The van der Waals surface area contributed by atoms with Gasteiger partial charge in [-0.25, -0.2) is 0 Å². The molecule has 1 fully saturated rings. The fourth-order valence-electron chi connectivity index (χ4n) is 2.80. The van der Waals surface area contributed by atoms with Gasteiger partial charge in [0, 0.05) is 23.5 Å². The normalized spacial score (nSPS) is 16.0. The first kappa shape index (κ1) is 17.0. The minimum atomic E-state index is -0.408. The molecule has 0 radical (unpaired) electrons. The highest BCUT2D eigenvalue weighted by Gasteiger charge is 2.45. The van der Waals surface area contributed by atoms with Crippen LogP contribution in [0.15, 0.2) is 28.7 Å². The number of hydrogen-bond acceptors (Lipinski definition) is 2. The maximum Gasteiger partial charge on any atom is 0.230 e. The molecule has 0 saturated heterocycles. The third-order valence-electron chi connectivity index (χ3n) is 4.13. The average Bonchev–Trinajstić information content (AvgIpc) is 2.38. The topological polar surface area (TPSA) is 58.2 Å². The first-order valence-electron chi connectivity index (χ1n) is 7.78. The second-order valence-corrected chi connectivity index (χ2v) is 7.09. The Hall–Kier alpha value is -1.36. The van der Waals surface area contributed by atoms with E-state index in [1.54, 1.807) is 0 Å². The first-order valence-corrected chi connectivity index (χ1v) is 8.57. The highest BCUT2D eigenvalue weighted by Crippen LogP contribution is 2.44. The molecule has 120 valence electrons. The Bertz CT molecular complexity index is 536. The molecule has 22 heavy (non-hydrogen) atoms. The fraction of sp³-hybridized carbons (Fsp3) is 0.529. The summed E-state index contributed by atoms with van der Waals surface area (Å²) in [7, 11) is 0. The van der Waals surface area contributed by atoms with Crippen molar-refractivity contribution in [1.82, 2.24) is 10.6 Å². The van der Waals surface area contributed by atoms with E-state index in [0.29, 0.717) is 13.0 Å². The van der Waals surface area contributed by atoms with E-state index in [1.165, 1.54) is 0 Å². The summed E-state index contributed by atoms with van der Waals surface area (Å²) in [5, 5.41) is 5.76. The van der Waals surface area contributed by atoms with Crippen molar-refractivity contribution in [3.63, 3.8) is 0 Å². The second-order valence-electron chi connectivity index (χ2n) is 6.17. The van der Waals surface area contributed by atoms with Crippen molar-refractivity contribution in [3.8, 4) is 0 Å². The Morgan fingerprint density at radius 3 is 2.36 bits per heavy atom. The average molecular weight is 367 g/mol. The number of nitrogens with one attached hydrogen (secondary N) is 2. The SMILES string of the molecule is CC(C)NC(=O)CCNC(=O)C1(c2ccc(Br)cc2)CCC1. The predicted molar refractivity (Wildman–Crippen MR) is 90.6 cm³/mol. The van der Waals surface area contributed by atoms with Gasteiger partial charge in [0.15, 0.2) is 0 Å². The Morgan fingerprint density at radius 1 is 1.23 bits per heavy atom. The number of benzene rings is 1. The van der Waals surface area contributed by atoms with Crippen LogP contribution in [-0.2, 0) is 15.0 Å². The van der Waals surface area contributed by atoms with Gasteiger partial charge < -0.3 is 10.6 Å². The van der Waals surface area contributed by atoms with Gasteiger partial charge >= 0.3 is 0 Å². The summed E-state index contributed by atoms with van der Waals surface area (Å²) in [4.78, 5) is 24.2. The van der Waals surface area contributed by atoms with Crippen molar-refractivity contribution in [3.05, 3.63) is 34.3 Å². The lowest BCUT2D eigenvalue weighted by Crippen LogP contribution is -2.49. The minimum absolute atomic E-state index is 0.0263. The van der Waals surface area contributed by atoms with Gasteiger partial charge in [0.25, 0.3) is 0 Å². The predicted octanol–water partition coefficient (Wildman–Crippen LogP) is 2.90. The zero-order valence-corrected chi connectivity index (χ0v) is 14.7. The summed E-state index contributed by atoms with van der Waals surface area (Å²) in [6.07, 6.45) is 3.13. The lowest BCUT2D eigenvalue weighted by Gasteiger charge is -2.40. The molecule has 2 N–H and O–H groups in total. The zero-order valence-electron chi connectivity index (χ0n) is 13.1. The summed E-state index contributed by atoms with van der Waals surface area (Å²) in [6, 6.07) is 8.09. The fourth-order valence-corrected chi connectivity index (χ4v) is 3.06. The summed E-state index contributed by atoms with van der Waals surface area (Å²) >= 11 is 3.42. The van der Waals surface area contributed by atoms with Gasteiger partial charge in [0.2, 0.25) is 11.8 Å². The zero-order chi connectivity index (χ0) is 16.2. The standard InChI is InChI=1S/C17H23BrN2O2/c1-12(2)20-15(21)8-11-19-16(22)17(9-3-10-17)13-4-6-14(18)7-5-13/h4-7,12H,3,8-11H2,1-2H3,(H,19,22)(H,20,21). The number of rotatable bonds is 6. The molecule has 1 saturated carbocycles. The Morgan fingerprint density at radius 2 is 1.86 bits per heavy atom. The van der Waals surface area contributed by atoms with Crippen LogP contribution < -0.4 is 10.6 Å². The molecule has 1 aliphatic carbocycles. The van der Waals surface area contributed by atoms with Crippen molar-refractivity contribution >= 4 is 27.7 Å². The molecule has 0 aliphatic heterocycles. The van der Waals surface area contributed by atoms with Gasteiger partial charge in [0.05, 0.1) is 5.41 Å². The van der Waals surface area contributed by atoms with E-state index in [0.717, 1.165) is 29.3 Å². The molecule has 1 aliphatic rings. The number of carbonyl (C=O) groups is 2. The van der Waals surface area contributed by atoms with E-state index < -0.39 is 5.41 Å². The molecule has 0 spiro atoms. The molecule has 2 rings (SSSR count). The maximum absolute atomic E-state index is 12.6. The highest BCUT2D eigenvalue weighted by atomic mass is 79.9. The van der Waals surface area contributed by atoms with Crippen LogP contribution >= 0.6 is 15.9 Å². The largest absolute Gasteiger partial charge is 0.355 e. The van der Waals surface area contributed by atoms with Crippen LogP contribution in [-0.4, -0.2) is 24.4 Å². The van der Waals surface area contributed by atoms with E-state index >= 15 is 0 Å². The third kappa shape index (κ3) is 3.88. The number of halogens is 1. The second kappa shape index (κ2) is 7.27. The lowest BCUT2D eigenvalue weighted by molar-refractivity contribution is -0.130. The minimum Gasteiger partial charge on any atom is -0.355 e. The van der Waals surface area contributed by atoms with Gasteiger partial charge in [-0.05, 0) is 44.4 Å². The number of carbonyl (C=O) groups excluding carboxylic acids is 2. The van der Waals surface area contributed by atoms with Crippen LogP contribution in [0.25, 0.3) is 0 Å². The summed E-state index contributed by atoms with van der Waals surface area (Å²) in [5.74, 6) is 0.0139. The molecule has 2 amide bonds. The van der Waals surface area contributed by atoms with E-state index in [9.17, 15) is 9.59 Å². The van der Waals surface area contributed by atoms with Gasteiger partial charge in [0.1, 0.15) is 0 Å². The quantitative estimate of drug-likeness (QED) is 0.812. The molecule has 0 aromatic heterocycles. The monoisotopic (exact) mass is 366 g/mol. The van der Waals surface area contributed by atoms with Crippen molar-refractivity contribution < 1.29 is 9.59 Å². The number of hydrogen-bond donors (Lipinski definition) is 2.